The maximum atomic E-state index is 10.2. The number of nitro groups is 1. The number of rotatable bonds is 3. The molecule has 76 valence electrons. The van der Waals surface area contributed by atoms with Crippen molar-refractivity contribution in [2.75, 3.05) is 6.54 Å². The van der Waals surface area contributed by atoms with Crippen LogP contribution in [0.3, 0.4) is 0 Å². The predicted octanol–water partition coefficient (Wildman–Crippen LogP) is 1.45. The van der Waals surface area contributed by atoms with Crippen LogP contribution in [0.25, 0.3) is 11.0 Å². The molecule has 0 radical (unpaired) electrons. The van der Waals surface area contributed by atoms with Gasteiger partial charge in [0.1, 0.15) is 0 Å². The number of nitrogens with zero attached hydrogens (tertiary/aromatic N) is 3. The Morgan fingerprint density at radius 3 is 2.73 bits per heavy atom. The largest absolute Gasteiger partial charge is 0.265 e. The maximum absolute atomic E-state index is 10.2. The van der Waals surface area contributed by atoms with E-state index in [1.807, 2.05) is 24.3 Å². The molecule has 5 nitrogen and oxygen atoms in total. The van der Waals surface area contributed by atoms with E-state index in [1.54, 1.807) is 6.20 Å². The quantitative estimate of drug-likeness (QED) is 0.559. The molecule has 0 atom stereocenters. The molecule has 0 bridgehead atoms. The highest BCUT2D eigenvalue weighted by Gasteiger charge is 2.03. The molecule has 0 amide bonds. The lowest BCUT2D eigenvalue weighted by Gasteiger charge is -1.99. The molecule has 1 heterocycles. The molecule has 1 aromatic heterocycles. The second-order valence-corrected chi connectivity index (χ2v) is 3.16. The molecule has 0 spiro atoms. The molecule has 0 aliphatic heterocycles. The van der Waals surface area contributed by atoms with Gasteiger partial charge in [-0.15, -0.1) is 0 Å². The molecule has 0 fully saturated rings. The highest BCUT2D eigenvalue weighted by Crippen LogP contribution is 2.08. The average Bonchev–Trinajstić information content (AvgIpc) is 2.26. The zero-order valence-electron chi connectivity index (χ0n) is 7.96. The Morgan fingerprint density at radius 1 is 1.27 bits per heavy atom. The molecule has 15 heavy (non-hydrogen) atoms. The van der Waals surface area contributed by atoms with Crippen LogP contribution < -0.4 is 0 Å². The van der Waals surface area contributed by atoms with E-state index in [4.69, 9.17) is 0 Å². The van der Waals surface area contributed by atoms with Crippen molar-refractivity contribution in [1.29, 1.82) is 0 Å². The summed E-state index contributed by atoms with van der Waals surface area (Å²) in [5.74, 6) is 0. The van der Waals surface area contributed by atoms with Crippen molar-refractivity contribution in [3.8, 4) is 0 Å². The van der Waals surface area contributed by atoms with E-state index in [2.05, 4.69) is 9.97 Å². The fraction of sp³-hybridized carbons (Fsp3) is 0.200. The van der Waals surface area contributed by atoms with Gasteiger partial charge in [0.25, 0.3) is 0 Å². The summed E-state index contributed by atoms with van der Waals surface area (Å²) in [5.41, 5.74) is 2.24. The standard InChI is InChI=1S/C10H9N3O2/c14-13(15)6-5-8-7-11-9-3-1-2-4-10(9)12-8/h1-4,7H,5-6H2. The Hall–Kier alpha value is -2.04. The van der Waals surface area contributed by atoms with Gasteiger partial charge in [-0.05, 0) is 12.1 Å². The minimum atomic E-state index is -0.350. The van der Waals surface area contributed by atoms with Gasteiger partial charge in [-0.3, -0.25) is 15.1 Å². The summed E-state index contributed by atoms with van der Waals surface area (Å²) in [7, 11) is 0. The van der Waals surface area contributed by atoms with Crippen molar-refractivity contribution in [2.24, 2.45) is 0 Å². The van der Waals surface area contributed by atoms with Crippen LogP contribution in [0.1, 0.15) is 5.69 Å². The van der Waals surface area contributed by atoms with Crippen LogP contribution in [0.2, 0.25) is 0 Å². The topological polar surface area (TPSA) is 68.9 Å². The van der Waals surface area contributed by atoms with Crippen molar-refractivity contribution in [2.45, 2.75) is 6.42 Å². The maximum Gasteiger partial charge on any atom is 0.209 e. The number of benzene rings is 1. The molecule has 2 aromatic rings. The third-order valence-electron chi connectivity index (χ3n) is 2.05. The van der Waals surface area contributed by atoms with Crippen molar-refractivity contribution in [3.05, 3.63) is 46.3 Å². The summed E-state index contributed by atoms with van der Waals surface area (Å²) >= 11 is 0. The number of aromatic nitrogens is 2. The van der Waals surface area contributed by atoms with Crippen LogP contribution in [0.15, 0.2) is 30.5 Å². The van der Waals surface area contributed by atoms with Crippen LogP contribution in [0, 0.1) is 10.1 Å². The van der Waals surface area contributed by atoms with Crippen molar-refractivity contribution in [3.63, 3.8) is 0 Å². The lowest BCUT2D eigenvalue weighted by atomic mass is 10.2. The van der Waals surface area contributed by atoms with Crippen LogP contribution in [0.5, 0.6) is 0 Å². The van der Waals surface area contributed by atoms with E-state index in [0.29, 0.717) is 12.1 Å². The first-order valence-corrected chi connectivity index (χ1v) is 4.58. The van der Waals surface area contributed by atoms with Crippen LogP contribution in [-0.2, 0) is 6.42 Å². The molecule has 0 saturated heterocycles. The second kappa shape index (κ2) is 4.00. The van der Waals surface area contributed by atoms with Gasteiger partial charge in [-0.1, -0.05) is 12.1 Å². The summed E-state index contributed by atoms with van der Waals surface area (Å²) in [5, 5.41) is 10.2. The smallest absolute Gasteiger partial charge is 0.209 e. The molecule has 0 N–H and O–H groups in total. The van der Waals surface area contributed by atoms with Crippen molar-refractivity contribution >= 4 is 11.0 Å². The monoisotopic (exact) mass is 203 g/mol. The van der Waals surface area contributed by atoms with Crippen molar-refractivity contribution in [1.82, 2.24) is 9.97 Å². The first-order valence-electron chi connectivity index (χ1n) is 4.58. The minimum Gasteiger partial charge on any atom is -0.265 e. The summed E-state index contributed by atoms with van der Waals surface area (Å²) in [6.07, 6.45) is 1.91. The Kier molecular flexibility index (Phi) is 2.53. The van der Waals surface area contributed by atoms with E-state index in [1.165, 1.54) is 0 Å². The van der Waals surface area contributed by atoms with Crippen LogP contribution >= 0.6 is 0 Å². The lowest BCUT2D eigenvalue weighted by Crippen LogP contribution is -2.05. The van der Waals surface area contributed by atoms with E-state index in [-0.39, 0.29) is 11.5 Å². The molecule has 0 unspecified atom stereocenters. The Morgan fingerprint density at radius 2 is 2.00 bits per heavy atom. The Balaban J connectivity index is 2.26. The molecule has 2 rings (SSSR count). The third kappa shape index (κ3) is 2.25. The second-order valence-electron chi connectivity index (χ2n) is 3.16. The molecule has 1 aromatic carbocycles. The van der Waals surface area contributed by atoms with Gasteiger partial charge in [-0.25, -0.2) is 4.98 Å². The zero-order chi connectivity index (χ0) is 10.7. The fourth-order valence-electron chi connectivity index (χ4n) is 1.32. The molecule has 0 aliphatic carbocycles. The van der Waals surface area contributed by atoms with E-state index in [9.17, 15) is 10.1 Å². The Labute approximate surface area is 85.9 Å². The molecule has 0 aliphatic rings. The summed E-state index contributed by atoms with van der Waals surface area (Å²) in [6, 6.07) is 7.46. The van der Waals surface area contributed by atoms with E-state index < -0.39 is 0 Å². The van der Waals surface area contributed by atoms with Crippen LogP contribution in [-0.4, -0.2) is 21.4 Å². The van der Waals surface area contributed by atoms with Gasteiger partial charge < -0.3 is 0 Å². The molecule has 5 heteroatoms. The zero-order valence-corrected chi connectivity index (χ0v) is 7.96. The average molecular weight is 203 g/mol. The number of para-hydroxylation sites is 2. The number of hydrogen-bond donors (Lipinski definition) is 0. The van der Waals surface area contributed by atoms with E-state index in [0.717, 1.165) is 11.0 Å². The number of fused-ring (bicyclic) bond motifs is 1. The predicted molar refractivity (Wildman–Crippen MR) is 55.1 cm³/mol. The summed E-state index contributed by atoms with van der Waals surface area (Å²) in [4.78, 5) is 18.3. The minimum absolute atomic E-state index is 0.104. The SMILES string of the molecule is O=[N+]([O-])CCc1cnc2ccccc2n1. The molecule has 0 saturated carbocycles. The van der Waals surface area contributed by atoms with Crippen LogP contribution in [0.4, 0.5) is 0 Å². The van der Waals surface area contributed by atoms with Gasteiger partial charge in [0.2, 0.25) is 6.54 Å². The molecular formula is C10H9N3O2. The van der Waals surface area contributed by atoms with Gasteiger partial charge in [0, 0.05) is 11.1 Å². The van der Waals surface area contributed by atoms with Crippen molar-refractivity contribution < 1.29 is 4.92 Å². The first kappa shape index (κ1) is 9.51. The Bertz CT molecular complexity index is 499. The van der Waals surface area contributed by atoms with E-state index >= 15 is 0 Å². The number of hydrogen-bond acceptors (Lipinski definition) is 4. The van der Waals surface area contributed by atoms with Gasteiger partial charge in [0.05, 0.1) is 23.1 Å². The van der Waals surface area contributed by atoms with Gasteiger partial charge >= 0.3 is 0 Å². The molecular weight excluding hydrogens is 194 g/mol. The first-order chi connectivity index (χ1) is 7.25. The van der Waals surface area contributed by atoms with Gasteiger partial charge in [0.15, 0.2) is 0 Å². The summed E-state index contributed by atoms with van der Waals surface area (Å²) in [6.45, 7) is -0.104. The fourth-order valence-corrected chi connectivity index (χ4v) is 1.32. The lowest BCUT2D eigenvalue weighted by molar-refractivity contribution is -0.479. The normalized spacial score (nSPS) is 10.4. The van der Waals surface area contributed by atoms with Gasteiger partial charge in [-0.2, -0.15) is 0 Å². The summed E-state index contributed by atoms with van der Waals surface area (Å²) < 4.78 is 0. The highest BCUT2D eigenvalue weighted by atomic mass is 16.6. The third-order valence-corrected chi connectivity index (χ3v) is 2.05. The highest BCUT2D eigenvalue weighted by molar-refractivity contribution is 5.73.